The molecule has 7 heteroatoms. The van der Waals surface area contributed by atoms with E-state index in [1.807, 2.05) is 6.07 Å². The van der Waals surface area contributed by atoms with Crippen molar-refractivity contribution >= 4 is 17.3 Å². The number of aromatic nitrogens is 3. The van der Waals surface area contributed by atoms with Crippen molar-refractivity contribution in [2.24, 2.45) is 0 Å². The van der Waals surface area contributed by atoms with E-state index in [9.17, 15) is 0 Å². The lowest BCUT2D eigenvalue weighted by Gasteiger charge is -2.27. The van der Waals surface area contributed by atoms with E-state index < -0.39 is 0 Å². The second-order valence-electron chi connectivity index (χ2n) is 5.14. The van der Waals surface area contributed by atoms with Crippen LogP contribution in [0.5, 0.6) is 0 Å². The second kappa shape index (κ2) is 6.07. The number of anilines is 2. The standard InChI is InChI=1S/C15H18N6O/c1-10(16)12-6-11(7-19-15(12)17)13-8-18-9-14(20-13)21-2-4-22-5-3-21/h6-9,16H,2-5H2,1H3,(H2,17,19). The molecule has 0 spiro atoms. The van der Waals surface area contributed by atoms with Crippen LogP contribution in [0.25, 0.3) is 11.3 Å². The number of ether oxygens (including phenoxy) is 1. The first kappa shape index (κ1) is 14.4. The van der Waals surface area contributed by atoms with Gasteiger partial charge in [0.2, 0.25) is 0 Å². The van der Waals surface area contributed by atoms with E-state index in [0.29, 0.717) is 30.3 Å². The Hall–Kier alpha value is -2.54. The highest BCUT2D eigenvalue weighted by atomic mass is 16.5. The molecule has 3 rings (SSSR count). The monoisotopic (exact) mass is 298 g/mol. The summed E-state index contributed by atoms with van der Waals surface area (Å²) < 4.78 is 5.35. The van der Waals surface area contributed by atoms with E-state index in [4.69, 9.17) is 15.9 Å². The van der Waals surface area contributed by atoms with Crippen molar-refractivity contribution in [3.63, 3.8) is 0 Å². The number of rotatable bonds is 3. The summed E-state index contributed by atoms with van der Waals surface area (Å²) >= 11 is 0. The summed E-state index contributed by atoms with van der Waals surface area (Å²) in [4.78, 5) is 15.2. The van der Waals surface area contributed by atoms with Gasteiger partial charge in [-0.25, -0.2) is 9.97 Å². The maximum absolute atomic E-state index is 7.76. The highest BCUT2D eigenvalue weighted by Gasteiger charge is 2.14. The fourth-order valence-corrected chi connectivity index (χ4v) is 2.36. The predicted octanol–water partition coefficient (Wildman–Crippen LogP) is 1.35. The average Bonchev–Trinajstić information content (AvgIpc) is 2.56. The first-order valence-electron chi connectivity index (χ1n) is 7.11. The summed E-state index contributed by atoms with van der Waals surface area (Å²) in [7, 11) is 0. The lowest BCUT2D eigenvalue weighted by Crippen LogP contribution is -2.36. The van der Waals surface area contributed by atoms with Crippen molar-refractivity contribution in [3.05, 3.63) is 30.2 Å². The van der Waals surface area contributed by atoms with Gasteiger partial charge in [0.25, 0.3) is 0 Å². The largest absolute Gasteiger partial charge is 0.383 e. The minimum Gasteiger partial charge on any atom is -0.383 e. The molecule has 0 saturated carbocycles. The van der Waals surface area contributed by atoms with E-state index in [0.717, 1.165) is 30.2 Å². The molecule has 7 nitrogen and oxygen atoms in total. The maximum Gasteiger partial charge on any atom is 0.147 e. The topological polar surface area (TPSA) is 101 Å². The maximum atomic E-state index is 7.76. The van der Waals surface area contributed by atoms with E-state index in [2.05, 4.69) is 19.9 Å². The van der Waals surface area contributed by atoms with Crippen molar-refractivity contribution in [1.29, 1.82) is 5.41 Å². The summed E-state index contributed by atoms with van der Waals surface area (Å²) in [5.41, 5.74) is 8.33. The highest BCUT2D eigenvalue weighted by molar-refractivity contribution is 6.01. The lowest BCUT2D eigenvalue weighted by molar-refractivity contribution is 0.122. The van der Waals surface area contributed by atoms with Crippen LogP contribution in [0, 0.1) is 5.41 Å². The molecule has 0 aromatic carbocycles. The molecule has 1 fully saturated rings. The van der Waals surface area contributed by atoms with Crippen LogP contribution >= 0.6 is 0 Å². The second-order valence-corrected chi connectivity index (χ2v) is 5.14. The first-order valence-corrected chi connectivity index (χ1v) is 7.11. The summed E-state index contributed by atoms with van der Waals surface area (Å²) in [6.07, 6.45) is 5.11. The Kier molecular flexibility index (Phi) is 3.97. The molecule has 0 atom stereocenters. The van der Waals surface area contributed by atoms with E-state index in [1.165, 1.54) is 0 Å². The zero-order valence-corrected chi connectivity index (χ0v) is 12.4. The zero-order chi connectivity index (χ0) is 15.5. The molecule has 3 heterocycles. The fourth-order valence-electron chi connectivity index (χ4n) is 2.36. The normalized spacial score (nSPS) is 14.9. The van der Waals surface area contributed by atoms with Crippen LogP contribution in [-0.2, 0) is 4.74 Å². The van der Waals surface area contributed by atoms with Crippen molar-refractivity contribution in [2.45, 2.75) is 6.92 Å². The molecule has 114 valence electrons. The first-order chi connectivity index (χ1) is 10.6. The summed E-state index contributed by atoms with van der Waals surface area (Å²) in [5, 5.41) is 7.76. The Balaban J connectivity index is 1.95. The number of nitrogens with one attached hydrogen (secondary N) is 1. The summed E-state index contributed by atoms with van der Waals surface area (Å²) in [6, 6.07) is 1.83. The van der Waals surface area contributed by atoms with Gasteiger partial charge in [-0.05, 0) is 13.0 Å². The molecule has 0 unspecified atom stereocenters. The Morgan fingerprint density at radius 2 is 2.05 bits per heavy atom. The lowest BCUT2D eigenvalue weighted by atomic mass is 10.1. The van der Waals surface area contributed by atoms with Gasteiger partial charge in [0.1, 0.15) is 11.6 Å². The Morgan fingerprint density at radius 3 is 2.77 bits per heavy atom. The molecule has 2 aromatic heterocycles. The molecule has 0 amide bonds. The number of morpholine rings is 1. The van der Waals surface area contributed by atoms with Gasteiger partial charge < -0.3 is 20.8 Å². The van der Waals surface area contributed by atoms with Crippen LogP contribution in [0.4, 0.5) is 11.6 Å². The van der Waals surface area contributed by atoms with Crippen LogP contribution in [-0.4, -0.2) is 47.0 Å². The molecule has 1 aliphatic rings. The van der Waals surface area contributed by atoms with Crippen LogP contribution in [0.1, 0.15) is 12.5 Å². The van der Waals surface area contributed by atoms with Crippen LogP contribution in [0.15, 0.2) is 24.7 Å². The SMILES string of the molecule is CC(=N)c1cc(-c2cncc(N3CCOCC3)n2)cnc1N. The molecular formula is C15H18N6O. The number of nitrogens with two attached hydrogens (primary N) is 1. The molecule has 1 aliphatic heterocycles. The van der Waals surface area contributed by atoms with Crippen LogP contribution in [0.2, 0.25) is 0 Å². The number of hydrogen-bond acceptors (Lipinski definition) is 7. The third-order valence-electron chi connectivity index (χ3n) is 3.58. The molecule has 22 heavy (non-hydrogen) atoms. The predicted molar refractivity (Wildman–Crippen MR) is 85.2 cm³/mol. The number of hydrogen-bond donors (Lipinski definition) is 2. The van der Waals surface area contributed by atoms with Gasteiger partial charge in [0, 0.05) is 36.1 Å². The highest BCUT2D eigenvalue weighted by Crippen LogP contribution is 2.22. The summed E-state index contributed by atoms with van der Waals surface area (Å²) in [6.45, 7) is 4.71. The van der Waals surface area contributed by atoms with Gasteiger partial charge in [-0.3, -0.25) is 4.98 Å². The quantitative estimate of drug-likeness (QED) is 0.829. The van der Waals surface area contributed by atoms with E-state index in [1.54, 1.807) is 25.5 Å². The third-order valence-corrected chi connectivity index (χ3v) is 3.58. The van der Waals surface area contributed by atoms with Crippen molar-refractivity contribution < 1.29 is 4.74 Å². The Bertz CT molecular complexity index is 696. The minimum atomic E-state index is 0.355. The van der Waals surface area contributed by atoms with Crippen LogP contribution in [0.3, 0.4) is 0 Å². The van der Waals surface area contributed by atoms with Crippen molar-refractivity contribution in [1.82, 2.24) is 15.0 Å². The smallest absolute Gasteiger partial charge is 0.147 e. The van der Waals surface area contributed by atoms with E-state index >= 15 is 0 Å². The third kappa shape index (κ3) is 2.89. The van der Waals surface area contributed by atoms with E-state index in [-0.39, 0.29) is 0 Å². The van der Waals surface area contributed by atoms with Gasteiger partial charge in [-0.2, -0.15) is 0 Å². The molecule has 0 aliphatic carbocycles. The molecule has 2 aromatic rings. The van der Waals surface area contributed by atoms with Gasteiger partial charge in [-0.15, -0.1) is 0 Å². The Labute approximate surface area is 128 Å². The molecular weight excluding hydrogens is 280 g/mol. The van der Waals surface area contributed by atoms with Gasteiger partial charge in [-0.1, -0.05) is 0 Å². The zero-order valence-electron chi connectivity index (χ0n) is 12.4. The van der Waals surface area contributed by atoms with Crippen LogP contribution < -0.4 is 10.6 Å². The average molecular weight is 298 g/mol. The minimum absolute atomic E-state index is 0.355. The number of nitrogen functional groups attached to an aromatic ring is 1. The van der Waals surface area contributed by atoms with Gasteiger partial charge in [0.05, 0.1) is 31.3 Å². The molecule has 1 saturated heterocycles. The van der Waals surface area contributed by atoms with Gasteiger partial charge >= 0.3 is 0 Å². The number of nitrogens with zero attached hydrogens (tertiary/aromatic N) is 4. The molecule has 0 radical (unpaired) electrons. The van der Waals surface area contributed by atoms with Crippen molar-refractivity contribution in [2.75, 3.05) is 36.9 Å². The fraction of sp³-hybridized carbons (Fsp3) is 0.333. The Morgan fingerprint density at radius 1 is 1.27 bits per heavy atom. The van der Waals surface area contributed by atoms with Gasteiger partial charge in [0.15, 0.2) is 0 Å². The summed E-state index contributed by atoms with van der Waals surface area (Å²) in [5.74, 6) is 1.18. The molecule has 0 bridgehead atoms. The van der Waals surface area contributed by atoms with Crippen molar-refractivity contribution in [3.8, 4) is 11.3 Å². The molecule has 3 N–H and O–H groups in total. The number of pyridine rings is 1.